The maximum Gasteiger partial charge on any atom is 0.270 e. The van der Waals surface area contributed by atoms with Crippen LogP contribution >= 0.6 is 11.8 Å². The minimum atomic E-state index is -0.554. The Bertz CT molecular complexity index is 662. The summed E-state index contributed by atoms with van der Waals surface area (Å²) in [6, 6.07) is 5.75. The van der Waals surface area contributed by atoms with Crippen LogP contribution in [0.4, 0.5) is 5.69 Å². The molecule has 8 nitrogen and oxygen atoms in total. The van der Waals surface area contributed by atoms with Crippen molar-refractivity contribution in [2.45, 2.75) is 10.1 Å². The second-order valence-corrected chi connectivity index (χ2v) is 4.57. The smallest absolute Gasteiger partial charge is 0.270 e. The molecule has 1 heterocycles. The van der Waals surface area contributed by atoms with Crippen molar-refractivity contribution < 1.29 is 10.1 Å². The van der Waals surface area contributed by atoms with Gasteiger partial charge in [0.1, 0.15) is 0 Å². The van der Waals surface area contributed by atoms with Crippen molar-refractivity contribution >= 4 is 23.3 Å². The molecule has 2 aromatic rings. The Labute approximate surface area is 117 Å². The maximum atomic E-state index is 10.8. The number of nitro benzene ring substituents is 1. The summed E-state index contributed by atoms with van der Waals surface area (Å²) in [6.45, 7) is 0. The Morgan fingerprint density at radius 2 is 2.10 bits per heavy atom. The number of amidine groups is 1. The fourth-order valence-corrected chi connectivity index (χ4v) is 2.24. The van der Waals surface area contributed by atoms with Gasteiger partial charge in [0.15, 0.2) is 11.0 Å². The summed E-state index contributed by atoms with van der Waals surface area (Å²) >= 11 is 1.16. The number of rotatable bonds is 4. The number of hydrogen-bond donors (Lipinski definition) is 2. The van der Waals surface area contributed by atoms with Crippen LogP contribution in [0.3, 0.4) is 0 Å². The van der Waals surface area contributed by atoms with Crippen LogP contribution in [0.1, 0.15) is 5.56 Å². The minimum absolute atomic E-state index is 0.148. The topological polar surface area (TPSA) is 128 Å². The number of hydrogen-bond acceptors (Lipinski definition) is 7. The van der Waals surface area contributed by atoms with Gasteiger partial charge in [0.25, 0.3) is 5.69 Å². The number of benzene rings is 1. The van der Waals surface area contributed by atoms with E-state index in [2.05, 4.69) is 15.1 Å². The Hall–Kier alpha value is -2.68. The van der Waals surface area contributed by atoms with Crippen molar-refractivity contribution in [2.75, 3.05) is 0 Å². The van der Waals surface area contributed by atoms with Crippen LogP contribution in [0, 0.1) is 10.1 Å². The van der Waals surface area contributed by atoms with Gasteiger partial charge in [0.05, 0.1) is 4.92 Å². The predicted molar refractivity (Wildman–Crippen MR) is 71.8 cm³/mol. The van der Waals surface area contributed by atoms with E-state index in [1.54, 1.807) is 18.5 Å². The molecule has 0 spiro atoms. The largest absolute Gasteiger partial charge is 0.409 e. The lowest BCUT2D eigenvalue weighted by Gasteiger charge is -2.06. The molecule has 20 heavy (non-hydrogen) atoms. The van der Waals surface area contributed by atoms with Gasteiger partial charge in [-0.3, -0.25) is 10.1 Å². The van der Waals surface area contributed by atoms with Crippen molar-refractivity contribution in [2.24, 2.45) is 10.9 Å². The summed E-state index contributed by atoms with van der Waals surface area (Å²) in [5.41, 5.74) is 5.64. The third-order valence-electron chi connectivity index (χ3n) is 2.30. The van der Waals surface area contributed by atoms with Crippen LogP contribution in [-0.2, 0) is 0 Å². The molecule has 0 aliphatic rings. The number of nitro groups is 1. The van der Waals surface area contributed by atoms with E-state index in [9.17, 15) is 10.1 Å². The zero-order valence-electron chi connectivity index (χ0n) is 10.0. The summed E-state index contributed by atoms with van der Waals surface area (Å²) in [5.74, 6) is -0.216. The van der Waals surface area contributed by atoms with Crippen molar-refractivity contribution in [1.82, 2.24) is 9.97 Å². The molecule has 0 atom stereocenters. The van der Waals surface area contributed by atoms with Crippen LogP contribution in [0.25, 0.3) is 0 Å². The zero-order chi connectivity index (χ0) is 14.5. The molecule has 9 heteroatoms. The molecule has 3 N–H and O–H groups in total. The second kappa shape index (κ2) is 5.97. The fraction of sp³-hybridized carbons (Fsp3) is 0. The summed E-state index contributed by atoms with van der Waals surface area (Å²) in [4.78, 5) is 18.8. The van der Waals surface area contributed by atoms with Crippen LogP contribution in [0.15, 0.2) is 51.9 Å². The highest BCUT2D eigenvalue weighted by Crippen LogP contribution is 2.30. The molecule has 102 valence electrons. The predicted octanol–water partition coefficient (Wildman–Crippen LogP) is 1.63. The van der Waals surface area contributed by atoms with Crippen molar-refractivity contribution in [3.8, 4) is 0 Å². The molecule has 2 rings (SSSR count). The molecule has 0 aliphatic carbocycles. The Morgan fingerprint density at radius 3 is 2.70 bits per heavy atom. The lowest BCUT2D eigenvalue weighted by Crippen LogP contribution is -2.14. The molecule has 0 aliphatic heterocycles. The summed E-state index contributed by atoms with van der Waals surface area (Å²) in [6.07, 6.45) is 3.15. The average molecular weight is 291 g/mol. The van der Waals surface area contributed by atoms with Gasteiger partial charge in [0, 0.05) is 35.0 Å². The lowest BCUT2D eigenvalue weighted by atomic mass is 10.2. The number of aromatic nitrogens is 2. The molecule has 0 fully saturated rings. The first-order valence-corrected chi connectivity index (χ1v) is 6.14. The van der Waals surface area contributed by atoms with Gasteiger partial charge in [-0.25, -0.2) is 9.97 Å². The highest BCUT2D eigenvalue weighted by Gasteiger charge is 2.15. The SMILES string of the molecule is NC(=NO)c1cc([N+](=O)[O-])ccc1Sc1ncccn1. The standard InChI is InChI=1S/C11H9N5O3S/c12-10(15-17)8-6-7(16(18)19)2-3-9(8)20-11-13-4-1-5-14-11/h1-6,17H,(H2,12,15). The van der Waals surface area contributed by atoms with Gasteiger partial charge < -0.3 is 10.9 Å². The molecular formula is C11H9N5O3S. The molecule has 1 aromatic carbocycles. The Morgan fingerprint density at radius 1 is 1.40 bits per heavy atom. The van der Waals surface area contributed by atoms with Crippen molar-refractivity contribution in [3.63, 3.8) is 0 Å². The number of non-ortho nitro benzene ring substituents is 1. The Kier molecular flexibility index (Phi) is 4.11. The van der Waals surface area contributed by atoms with E-state index in [1.165, 1.54) is 18.2 Å². The molecule has 0 saturated carbocycles. The van der Waals surface area contributed by atoms with Gasteiger partial charge in [-0.2, -0.15) is 0 Å². The van der Waals surface area contributed by atoms with Crippen LogP contribution < -0.4 is 5.73 Å². The van der Waals surface area contributed by atoms with E-state index < -0.39 is 4.92 Å². The fourth-order valence-electron chi connectivity index (χ4n) is 1.41. The first-order valence-electron chi connectivity index (χ1n) is 5.33. The molecule has 0 radical (unpaired) electrons. The van der Waals surface area contributed by atoms with Crippen LogP contribution in [0.2, 0.25) is 0 Å². The van der Waals surface area contributed by atoms with Crippen molar-refractivity contribution in [1.29, 1.82) is 0 Å². The summed E-state index contributed by atoms with van der Waals surface area (Å²) in [5, 5.41) is 22.9. The third kappa shape index (κ3) is 3.01. The highest BCUT2D eigenvalue weighted by molar-refractivity contribution is 7.99. The number of oxime groups is 1. The summed E-state index contributed by atoms with van der Waals surface area (Å²) < 4.78 is 0. The van der Waals surface area contributed by atoms with Crippen LogP contribution in [-0.4, -0.2) is 25.9 Å². The number of nitrogens with zero attached hydrogens (tertiary/aromatic N) is 4. The molecule has 0 bridgehead atoms. The summed E-state index contributed by atoms with van der Waals surface area (Å²) in [7, 11) is 0. The lowest BCUT2D eigenvalue weighted by molar-refractivity contribution is -0.384. The van der Waals surface area contributed by atoms with Gasteiger partial charge in [0.2, 0.25) is 0 Å². The highest BCUT2D eigenvalue weighted by atomic mass is 32.2. The minimum Gasteiger partial charge on any atom is -0.409 e. The second-order valence-electron chi connectivity index (χ2n) is 3.56. The van der Waals surface area contributed by atoms with E-state index in [-0.39, 0.29) is 17.1 Å². The zero-order valence-corrected chi connectivity index (χ0v) is 10.8. The maximum absolute atomic E-state index is 10.8. The third-order valence-corrected chi connectivity index (χ3v) is 3.27. The molecular weight excluding hydrogens is 282 g/mol. The molecule has 1 aromatic heterocycles. The average Bonchev–Trinajstić information content (AvgIpc) is 2.47. The molecule has 0 unspecified atom stereocenters. The van der Waals surface area contributed by atoms with E-state index in [4.69, 9.17) is 10.9 Å². The van der Waals surface area contributed by atoms with Gasteiger partial charge >= 0.3 is 0 Å². The van der Waals surface area contributed by atoms with E-state index in [0.717, 1.165) is 11.8 Å². The monoisotopic (exact) mass is 291 g/mol. The van der Waals surface area contributed by atoms with E-state index >= 15 is 0 Å². The van der Waals surface area contributed by atoms with Crippen molar-refractivity contribution in [3.05, 3.63) is 52.3 Å². The van der Waals surface area contributed by atoms with Gasteiger partial charge in [-0.05, 0) is 23.9 Å². The first kappa shape index (κ1) is 13.7. The first-order chi connectivity index (χ1) is 9.61. The van der Waals surface area contributed by atoms with E-state index in [1.807, 2.05) is 0 Å². The van der Waals surface area contributed by atoms with Gasteiger partial charge in [-0.1, -0.05) is 5.16 Å². The van der Waals surface area contributed by atoms with E-state index in [0.29, 0.717) is 10.1 Å². The number of nitrogens with two attached hydrogens (primary N) is 1. The molecule has 0 amide bonds. The normalized spacial score (nSPS) is 11.3. The quantitative estimate of drug-likeness (QED) is 0.219. The van der Waals surface area contributed by atoms with Crippen LogP contribution in [0.5, 0.6) is 0 Å². The van der Waals surface area contributed by atoms with Gasteiger partial charge in [-0.15, -0.1) is 0 Å². The Balaban J connectivity index is 2.44. The molecule has 0 saturated heterocycles.